The number of fused-ring (bicyclic) bond motifs is 1. The van der Waals surface area contributed by atoms with Crippen molar-refractivity contribution in [3.8, 4) is 0 Å². The fourth-order valence-electron chi connectivity index (χ4n) is 2.25. The van der Waals surface area contributed by atoms with E-state index in [1.54, 1.807) is 7.05 Å². The van der Waals surface area contributed by atoms with Crippen molar-refractivity contribution in [2.45, 2.75) is 12.6 Å². The van der Waals surface area contributed by atoms with Gasteiger partial charge in [0, 0.05) is 12.6 Å². The minimum atomic E-state index is -1.37. The van der Waals surface area contributed by atoms with Crippen LogP contribution in [-0.2, 0) is 13.6 Å². The summed E-state index contributed by atoms with van der Waals surface area (Å²) in [6.07, 6.45) is 1.24. The molecule has 3 rings (SSSR count). The number of halogens is 2. The summed E-state index contributed by atoms with van der Waals surface area (Å²) < 4.78 is 29.4. The first-order chi connectivity index (χ1) is 10.5. The van der Waals surface area contributed by atoms with Crippen molar-refractivity contribution in [1.29, 1.82) is 0 Å². The first-order valence-corrected chi connectivity index (χ1v) is 6.47. The molecule has 0 aliphatic heterocycles. The molecule has 3 aromatic rings. The second-order valence-corrected chi connectivity index (χ2v) is 4.89. The topological polar surface area (TPSA) is 72.9 Å². The van der Waals surface area contributed by atoms with E-state index in [1.165, 1.54) is 17.2 Å². The highest BCUT2D eigenvalue weighted by molar-refractivity contribution is 5.72. The van der Waals surface area contributed by atoms with Gasteiger partial charge in [-0.3, -0.25) is 14.0 Å². The molecule has 0 amide bonds. The summed E-state index contributed by atoms with van der Waals surface area (Å²) in [6, 6.07) is 2.79. The molecule has 0 bridgehead atoms. The molecule has 1 unspecified atom stereocenters. The Morgan fingerprint density at radius 1 is 1.36 bits per heavy atom. The van der Waals surface area contributed by atoms with E-state index >= 15 is 0 Å². The first-order valence-electron chi connectivity index (χ1n) is 6.47. The van der Waals surface area contributed by atoms with Gasteiger partial charge < -0.3 is 5.11 Å². The van der Waals surface area contributed by atoms with Gasteiger partial charge in [0.2, 0.25) is 0 Å². The number of aliphatic hydroxyl groups excluding tert-OH is 1. The molecule has 6 nitrogen and oxygen atoms in total. The number of rotatable bonds is 3. The van der Waals surface area contributed by atoms with Crippen molar-refractivity contribution in [2.75, 3.05) is 0 Å². The van der Waals surface area contributed by atoms with Gasteiger partial charge in [-0.2, -0.15) is 5.10 Å². The van der Waals surface area contributed by atoms with Gasteiger partial charge in [-0.25, -0.2) is 13.8 Å². The second kappa shape index (κ2) is 5.30. The molecule has 22 heavy (non-hydrogen) atoms. The molecule has 1 N–H and O–H groups in total. The maximum Gasteiger partial charge on any atom is 0.264 e. The van der Waals surface area contributed by atoms with Crippen molar-refractivity contribution < 1.29 is 13.9 Å². The van der Waals surface area contributed by atoms with Gasteiger partial charge in [0.05, 0.1) is 18.8 Å². The zero-order chi connectivity index (χ0) is 15.9. The predicted octanol–water partition coefficient (Wildman–Crippen LogP) is 1.14. The highest BCUT2D eigenvalue weighted by Crippen LogP contribution is 2.19. The average Bonchev–Trinajstić information content (AvgIpc) is 2.86. The summed E-state index contributed by atoms with van der Waals surface area (Å²) in [6.45, 7) is -0.239. The van der Waals surface area contributed by atoms with Crippen LogP contribution in [0.3, 0.4) is 0 Å². The molecule has 0 aliphatic carbocycles. The van der Waals surface area contributed by atoms with Gasteiger partial charge in [0.25, 0.3) is 5.56 Å². The summed E-state index contributed by atoms with van der Waals surface area (Å²) in [7, 11) is 1.65. The number of aromatic nitrogens is 4. The Balaban J connectivity index is 1.97. The van der Waals surface area contributed by atoms with Gasteiger partial charge >= 0.3 is 0 Å². The standard InChI is InChI=1S/C14H12F2N4O2/c1-19-13-10(5-18-19)14(22)20(7-17-13)6-12(21)9-4-8(15)2-3-11(9)16/h2-5,7,12,21H,6H2,1H3. The lowest BCUT2D eigenvalue weighted by Gasteiger charge is -2.13. The minimum absolute atomic E-state index is 0.210. The third-order valence-electron chi connectivity index (χ3n) is 3.40. The summed E-state index contributed by atoms with van der Waals surface area (Å²) in [5.41, 5.74) is -0.208. The molecule has 0 spiro atoms. The number of aryl methyl sites for hydroxylation is 1. The molecule has 2 heterocycles. The molecular formula is C14H12F2N4O2. The maximum absolute atomic E-state index is 13.6. The SMILES string of the molecule is Cn1ncc2c(=O)n(CC(O)c3cc(F)ccc3F)cnc21. The lowest BCUT2D eigenvalue weighted by molar-refractivity contribution is 0.150. The number of nitrogens with zero attached hydrogens (tertiary/aromatic N) is 4. The molecule has 0 fully saturated rings. The zero-order valence-corrected chi connectivity index (χ0v) is 11.6. The average molecular weight is 306 g/mol. The van der Waals surface area contributed by atoms with E-state index in [0.29, 0.717) is 5.65 Å². The van der Waals surface area contributed by atoms with E-state index in [0.717, 1.165) is 22.8 Å². The van der Waals surface area contributed by atoms with Gasteiger partial charge in [0.15, 0.2) is 5.65 Å². The van der Waals surface area contributed by atoms with Gasteiger partial charge in [-0.1, -0.05) is 0 Å². The third-order valence-corrected chi connectivity index (χ3v) is 3.40. The van der Waals surface area contributed by atoms with Crippen LogP contribution in [-0.4, -0.2) is 24.4 Å². The summed E-state index contributed by atoms with van der Waals surface area (Å²) in [5, 5.41) is 14.3. The Hall–Kier alpha value is -2.61. The first kappa shape index (κ1) is 14.3. The molecule has 0 saturated carbocycles. The van der Waals surface area contributed by atoms with Crippen LogP contribution in [0.2, 0.25) is 0 Å². The summed E-state index contributed by atoms with van der Waals surface area (Å²) >= 11 is 0. The van der Waals surface area contributed by atoms with Crippen LogP contribution in [0.15, 0.2) is 35.5 Å². The predicted molar refractivity (Wildman–Crippen MR) is 74.1 cm³/mol. The Labute approximate surface area is 123 Å². The van der Waals surface area contributed by atoms with Crippen LogP contribution in [0.5, 0.6) is 0 Å². The van der Waals surface area contributed by atoms with Crippen LogP contribution in [0.1, 0.15) is 11.7 Å². The van der Waals surface area contributed by atoms with Crippen LogP contribution in [0, 0.1) is 11.6 Å². The molecule has 0 saturated heterocycles. The normalized spacial score (nSPS) is 12.7. The van der Waals surface area contributed by atoms with Gasteiger partial charge in [-0.15, -0.1) is 0 Å². The Kier molecular flexibility index (Phi) is 3.45. The quantitative estimate of drug-likeness (QED) is 0.787. The van der Waals surface area contributed by atoms with E-state index in [1.807, 2.05) is 0 Å². The zero-order valence-electron chi connectivity index (χ0n) is 11.6. The van der Waals surface area contributed by atoms with Gasteiger partial charge in [-0.05, 0) is 18.2 Å². The van der Waals surface area contributed by atoms with Crippen LogP contribution < -0.4 is 5.56 Å². The Bertz CT molecular complexity index is 903. The lowest BCUT2D eigenvalue weighted by atomic mass is 10.1. The van der Waals surface area contributed by atoms with Crippen LogP contribution in [0.4, 0.5) is 8.78 Å². The monoisotopic (exact) mass is 306 g/mol. The Morgan fingerprint density at radius 2 is 2.14 bits per heavy atom. The van der Waals surface area contributed by atoms with Crippen molar-refractivity contribution in [3.05, 3.63) is 58.3 Å². The summed E-state index contributed by atoms with van der Waals surface area (Å²) in [4.78, 5) is 16.3. The van der Waals surface area contributed by atoms with Gasteiger partial charge in [0.1, 0.15) is 23.3 Å². The highest BCUT2D eigenvalue weighted by Gasteiger charge is 2.16. The van der Waals surface area contributed by atoms with Crippen molar-refractivity contribution in [3.63, 3.8) is 0 Å². The number of aliphatic hydroxyl groups is 1. The molecule has 114 valence electrons. The largest absolute Gasteiger partial charge is 0.386 e. The van der Waals surface area contributed by atoms with Crippen molar-refractivity contribution in [1.82, 2.24) is 19.3 Å². The number of benzene rings is 1. The lowest BCUT2D eigenvalue weighted by Crippen LogP contribution is -2.24. The maximum atomic E-state index is 13.6. The fourth-order valence-corrected chi connectivity index (χ4v) is 2.25. The molecule has 0 aliphatic rings. The molecule has 1 atom stereocenters. The number of hydrogen-bond acceptors (Lipinski definition) is 4. The van der Waals surface area contributed by atoms with Crippen LogP contribution >= 0.6 is 0 Å². The summed E-state index contributed by atoms with van der Waals surface area (Å²) in [5.74, 6) is -1.40. The van der Waals surface area contributed by atoms with E-state index in [-0.39, 0.29) is 17.5 Å². The smallest absolute Gasteiger partial charge is 0.264 e. The minimum Gasteiger partial charge on any atom is -0.386 e. The second-order valence-electron chi connectivity index (χ2n) is 4.89. The fraction of sp³-hybridized carbons (Fsp3) is 0.214. The number of hydrogen-bond donors (Lipinski definition) is 1. The van der Waals surface area contributed by atoms with E-state index in [9.17, 15) is 18.7 Å². The molecule has 8 heteroatoms. The molecule has 2 aromatic heterocycles. The van der Waals surface area contributed by atoms with E-state index in [4.69, 9.17) is 0 Å². The molecule has 0 radical (unpaired) electrons. The highest BCUT2D eigenvalue weighted by atomic mass is 19.1. The Morgan fingerprint density at radius 3 is 2.91 bits per heavy atom. The van der Waals surface area contributed by atoms with E-state index < -0.39 is 23.3 Å². The third kappa shape index (κ3) is 2.37. The van der Waals surface area contributed by atoms with Crippen LogP contribution in [0.25, 0.3) is 11.0 Å². The molecular weight excluding hydrogens is 294 g/mol. The van der Waals surface area contributed by atoms with Crippen molar-refractivity contribution >= 4 is 11.0 Å². The van der Waals surface area contributed by atoms with Crippen molar-refractivity contribution in [2.24, 2.45) is 7.05 Å². The molecule has 1 aromatic carbocycles. The van der Waals surface area contributed by atoms with E-state index in [2.05, 4.69) is 10.1 Å².